The number of aromatic nitrogens is 1. The predicted molar refractivity (Wildman–Crippen MR) is 83.2 cm³/mol. The van der Waals surface area contributed by atoms with Gasteiger partial charge < -0.3 is 14.6 Å². The Balaban J connectivity index is 2.14. The first-order valence-electron chi connectivity index (χ1n) is 7.08. The smallest absolute Gasteiger partial charge is 0.255 e. The molecule has 0 amide bonds. The maximum absolute atomic E-state index is 14.1. The maximum atomic E-state index is 14.1. The Kier molecular flexibility index (Phi) is 3.62. The largest absolute Gasteiger partial charge is 0.474 e. The van der Waals surface area contributed by atoms with Crippen LogP contribution in [0.4, 0.5) is 15.8 Å². The van der Waals surface area contributed by atoms with Crippen LogP contribution in [-0.2, 0) is 13.6 Å². The van der Waals surface area contributed by atoms with Crippen LogP contribution in [0.2, 0.25) is 0 Å². The molecule has 1 aromatic heterocycles. The molecule has 2 aromatic rings. The van der Waals surface area contributed by atoms with Crippen molar-refractivity contribution in [1.29, 1.82) is 0 Å². The van der Waals surface area contributed by atoms with E-state index in [2.05, 4.69) is 10.6 Å². The highest BCUT2D eigenvalue weighted by molar-refractivity contribution is 5.71. The fraction of sp³-hybridized carbons (Fsp3) is 0.312. The summed E-state index contributed by atoms with van der Waals surface area (Å²) in [6, 6.07) is 4.93. The number of nitrogens with one attached hydrogen (secondary N) is 2. The maximum Gasteiger partial charge on any atom is 0.255 e. The Morgan fingerprint density at radius 2 is 2.14 bits per heavy atom. The monoisotopic (exact) mass is 303 g/mol. The molecular formula is C16H18FN3O2. The Hall–Kier alpha value is -2.34. The zero-order valence-electron chi connectivity index (χ0n) is 12.8. The predicted octanol–water partition coefficient (Wildman–Crippen LogP) is 2.32. The number of aryl methyl sites for hydroxylation is 1. The Labute approximate surface area is 127 Å². The van der Waals surface area contributed by atoms with Crippen LogP contribution in [-0.4, -0.2) is 11.3 Å². The standard InChI is InChI=1S/C16H18FN3O2/c1-9-4-5-12(11(17)6-9)19-14-10(2)16(21)20(3)13-7-18-8-22-15(13)14/h4-6,18-19H,7-8H2,1-3H3. The lowest BCUT2D eigenvalue weighted by atomic mass is 10.1. The summed E-state index contributed by atoms with van der Waals surface area (Å²) in [7, 11) is 1.71. The van der Waals surface area contributed by atoms with Gasteiger partial charge in [-0.1, -0.05) is 6.07 Å². The first kappa shape index (κ1) is 14.6. The fourth-order valence-electron chi connectivity index (χ4n) is 2.60. The van der Waals surface area contributed by atoms with Crippen molar-refractivity contribution in [3.8, 4) is 5.75 Å². The molecule has 2 N–H and O–H groups in total. The second-order valence-corrected chi connectivity index (χ2v) is 5.46. The number of anilines is 2. The summed E-state index contributed by atoms with van der Waals surface area (Å²) in [6.45, 7) is 4.43. The molecule has 22 heavy (non-hydrogen) atoms. The zero-order chi connectivity index (χ0) is 15.9. The number of nitrogens with zero attached hydrogens (tertiary/aromatic N) is 1. The van der Waals surface area contributed by atoms with Crippen LogP contribution in [0.5, 0.6) is 5.75 Å². The van der Waals surface area contributed by atoms with Crippen LogP contribution in [0.3, 0.4) is 0 Å². The van der Waals surface area contributed by atoms with Gasteiger partial charge in [0.2, 0.25) is 0 Å². The summed E-state index contributed by atoms with van der Waals surface area (Å²) in [4.78, 5) is 12.3. The first-order chi connectivity index (χ1) is 10.5. The second-order valence-electron chi connectivity index (χ2n) is 5.46. The number of benzene rings is 1. The van der Waals surface area contributed by atoms with Crippen molar-refractivity contribution in [3.63, 3.8) is 0 Å². The summed E-state index contributed by atoms with van der Waals surface area (Å²) in [5.41, 5.74) is 2.82. The van der Waals surface area contributed by atoms with Gasteiger partial charge in [0.15, 0.2) is 5.75 Å². The van der Waals surface area contributed by atoms with Gasteiger partial charge in [-0.25, -0.2) is 4.39 Å². The van der Waals surface area contributed by atoms with E-state index < -0.39 is 0 Å². The molecule has 0 atom stereocenters. The molecule has 5 nitrogen and oxygen atoms in total. The highest BCUT2D eigenvalue weighted by Crippen LogP contribution is 2.34. The van der Waals surface area contributed by atoms with Crippen molar-refractivity contribution >= 4 is 11.4 Å². The highest BCUT2D eigenvalue weighted by Gasteiger charge is 2.22. The van der Waals surface area contributed by atoms with E-state index in [1.165, 1.54) is 6.07 Å². The van der Waals surface area contributed by atoms with Crippen molar-refractivity contribution in [2.75, 3.05) is 12.0 Å². The van der Waals surface area contributed by atoms with E-state index in [0.29, 0.717) is 36.0 Å². The molecule has 0 saturated carbocycles. The average molecular weight is 303 g/mol. The summed E-state index contributed by atoms with van der Waals surface area (Å²) in [6.07, 6.45) is 0. The number of pyridine rings is 1. The lowest BCUT2D eigenvalue weighted by Crippen LogP contribution is -2.34. The Morgan fingerprint density at radius 3 is 2.86 bits per heavy atom. The molecule has 1 aliphatic heterocycles. The van der Waals surface area contributed by atoms with Crippen LogP contribution in [0.25, 0.3) is 0 Å². The van der Waals surface area contributed by atoms with Crippen molar-refractivity contribution in [3.05, 3.63) is 51.2 Å². The molecule has 0 saturated heterocycles. The molecule has 1 aliphatic rings. The molecular weight excluding hydrogens is 285 g/mol. The molecule has 1 aromatic carbocycles. The molecule has 2 heterocycles. The van der Waals surface area contributed by atoms with Gasteiger partial charge in [-0.05, 0) is 31.5 Å². The normalized spacial score (nSPS) is 13.5. The van der Waals surface area contributed by atoms with E-state index in [9.17, 15) is 9.18 Å². The van der Waals surface area contributed by atoms with Gasteiger partial charge in [0, 0.05) is 19.2 Å². The zero-order valence-corrected chi connectivity index (χ0v) is 12.8. The topological polar surface area (TPSA) is 55.3 Å². The van der Waals surface area contributed by atoms with E-state index in [1.807, 2.05) is 13.0 Å². The first-order valence-corrected chi connectivity index (χ1v) is 7.08. The van der Waals surface area contributed by atoms with Crippen molar-refractivity contribution in [2.24, 2.45) is 7.05 Å². The molecule has 0 unspecified atom stereocenters. The van der Waals surface area contributed by atoms with Gasteiger partial charge in [0.1, 0.15) is 12.5 Å². The minimum Gasteiger partial charge on any atom is -0.474 e. The molecule has 0 aliphatic carbocycles. The third-order valence-corrected chi connectivity index (χ3v) is 3.89. The minimum atomic E-state index is -0.359. The van der Waals surface area contributed by atoms with Gasteiger partial charge >= 0.3 is 0 Å². The molecule has 0 radical (unpaired) electrons. The molecule has 3 rings (SSSR count). The third-order valence-electron chi connectivity index (χ3n) is 3.89. The van der Waals surface area contributed by atoms with Crippen LogP contribution < -0.4 is 20.9 Å². The van der Waals surface area contributed by atoms with Crippen molar-refractivity contribution < 1.29 is 9.13 Å². The van der Waals surface area contributed by atoms with Gasteiger partial charge in [0.05, 0.1) is 17.1 Å². The Morgan fingerprint density at radius 1 is 1.36 bits per heavy atom. The Bertz CT molecular complexity index is 799. The lowest BCUT2D eigenvalue weighted by molar-refractivity contribution is 0.251. The SMILES string of the molecule is Cc1ccc(Nc2c3c(n(C)c(=O)c2C)CNCO3)c(F)c1. The summed E-state index contributed by atoms with van der Waals surface area (Å²) < 4.78 is 21.3. The number of ether oxygens (including phenoxy) is 1. The van der Waals surface area contributed by atoms with Crippen LogP contribution in [0.1, 0.15) is 16.8 Å². The molecule has 116 valence electrons. The van der Waals surface area contributed by atoms with E-state index in [4.69, 9.17) is 4.74 Å². The van der Waals surface area contributed by atoms with Gasteiger partial charge in [0.25, 0.3) is 5.56 Å². The second kappa shape index (κ2) is 5.46. The van der Waals surface area contributed by atoms with Gasteiger partial charge in [-0.3, -0.25) is 10.1 Å². The van der Waals surface area contributed by atoms with Crippen molar-refractivity contribution in [1.82, 2.24) is 9.88 Å². The number of rotatable bonds is 2. The molecule has 0 bridgehead atoms. The van der Waals surface area contributed by atoms with Gasteiger partial charge in [-0.2, -0.15) is 0 Å². The van der Waals surface area contributed by atoms with E-state index in [-0.39, 0.29) is 11.4 Å². The third kappa shape index (κ3) is 2.35. The average Bonchev–Trinajstić information content (AvgIpc) is 2.51. The summed E-state index contributed by atoms with van der Waals surface area (Å²) >= 11 is 0. The van der Waals surface area contributed by atoms with Gasteiger partial charge in [-0.15, -0.1) is 0 Å². The summed E-state index contributed by atoms with van der Waals surface area (Å²) in [5, 5.41) is 6.08. The van der Waals surface area contributed by atoms with Crippen LogP contribution in [0.15, 0.2) is 23.0 Å². The molecule has 0 spiro atoms. The lowest BCUT2D eigenvalue weighted by Gasteiger charge is -2.25. The number of halogens is 1. The highest BCUT2D eigenvalue weighted by atomic mass is 19.1. The summed E-state index contributed by atoms with van der Waals surface area (Å²) in [5.74, 6) is 0.237. The van der Waals surface area contributed by atoms with E-state index in [1.54, 1.807) is 24.6 Å². The molecule has 6 heteroatoms. The number of hydrogen-bond acceptors (Lipinski definition) is 4. The minimum absolute atomic E-state index is 0.124. The van der Waals surface area contributed by atoms with Crippen LogP contribution >= 0.6 is 0 Å². The van der Waals surface area contributed by atoms with Crippen LogP contribution in [0, 0.1) is 19.7 Å². The van der Waals surface area contributed by atoms with E-state index in [0.717, 1.165) is 11.3 Å². The number of fused-ring (bicyclic) bond motifs is 1. The fourth-order valence-corrected chi connectivity index (χ4v) is 2.60. The molecule has 0 fully saturated rings. The van der Waals surface area contributed by atoms with E-state index >= 15 is 0 Å². The number of hydrogen-bond donors (Lipinski definition) is 2. The quantitative estimate of drug-likeness (QED) is 0.894. The van der Waals surface area contributed by atoms with Crippen molar-refractivity contribution in [2.45, 2.75) is 20.4 Å².